The third-order valence-electron chi connectivity index (χ3n) is 2.40. The van der Waals surface area contributed by atoms with Crippen molar-refractivity contribution >= 4 is 11.4 Å². The summed E-state index contributed by atoms with van der Waals surface area (Å²) in [6.07, 6.45) is 0. The van der Waals surface area contributed by atoms with E-state index >= 15 is 0 Å². The first kappa shape index (κ1) is 12.7. The third-order valence-corrected chi connectivity index (χ3v) is 2.40. The van der Waals surface area contributed by atoms with Crippen LogP contribution in [0.5, 0.6) is 0 Å². The van der Waals surface area contributed by atoms with E-state index in [1.165, 1.54) is 0 Å². The third kappa shape index (κ3) is 2.82. The first-order chi connectivity index (χ1) is 7.45. The highest BCUT2D eigenvalue weighted by Crippen LogP contribution is 2.23. The van der Waals surface area contributed by atoms with Gasteiger partial charge in [0.1, 0.15) is 5.69 Å². The van der Waals surface area contributed by atoms with Gasteiger partial charge < -0.3 is 16.2 Å². The molecule has 1 rings (SSSR count). The van der Waals surface area contributed by atoms with Crippen LogP contribution in [-0.4, -0.2) is 17.8 Å². The van der Waals surface area contributed by atoms with Gasteiger partial charge in [-0.25, -0.2) is 8.78 Å². The van der Waals surface area contributed by atoms with E-state index in [0.717, 1.165) is 12.1 Å². The second-order valence-corrected chi connectivity index (χ2v) is 4.04. The predicted molar refractivity (Wildman–Crippen MR) is 60.1 cm³/mol. The Morgan fingerprint density at radius 1 is 1.31 bits per heavy atom. The zero-order valence-corrected chi connectivity index (χ0v) is 9.30. The highest BCUT2D eigenvalue weighted by atomic mass is 19.1. The summed E-state index contributed by atoms with van der Waals surface area (Å²) in [5.41, 5.74) is 5.08. The Kier molecular flexibility index (Phi) is 4.06. The highest BCUT2D eigenvalue weighted by Gasteiger charge is 2.17. The van der Waals surface area contributed by atoms with E-state index in [9.17, 15) is 8.78 Å². The minimum absolute atomic E-state index is 0.0330. The standard InChI is InChI=1S/C11H16F2N2O/c1-6(2)10(5-16)15-11-8(12)3-7(14)4-9(11)13/h3-4,6,10,15-16H,5,14H2,1-2H3. The van der Waals surface area contributed by atoms with Crippen molar-refractivity contribution in [2.75, 3.05) is 17.7 Å². The van der Waals surface area contributed by atoms with Crippen LogP contribution in [0.4, 0.5) is 20.2 Å². The van der Waals surface area contributed by atoms with E-state index in [4.69, 9.17) is 10.8 Å². The topological polar surface area (TPSA) is 58.3 Å². The van der Waals surface area contributed by atoms with Crippen LogP contribution in [0.15, 0.2) is 12.1 Å². The molecule has 90 valence electrons. The summed E-state index contributed by atoms with van der Waals surface area (Å²) in [7, 11) is 0. The number of hydrogen-bond donors (Lipinski definition) is 3. The van der Waals surface area contributed by atoms with Gasteiger partial charge >= 0.3 is 0 Å². The lowest BCUT2D eigenvalue weighted by molar-refractivity contribution is 0.248. The number of rotatable bonds is 4. The van der Waals surface area contributed by atoms with Gasteiger partial charge in [-0.15, -0.1) is 0 Å². The largest absolute Gasteiger partial charge is 0.399 e. The number of halogens is 2. The van der Waals surface area contributed by atoms with Crippen molar-refractivity contribution in [1.82, 2.24) is 0 Å². The molecule has 1 atom stereocenters. The lowest BCUT2D eigenvalue weighted by Gasteiger charge is -2.21. The Labute approximate surface area is 93.3 Å². The van der Waals surface area contributed by atoms with E-state index in [1.807, 2.05) is 13.8 Å². The van der Waals surface area contributed by atoms with E-state index in [0.29, 0.717) is 0 Å². The smallest absolute Gasteiger partial charge is 0.151 e. The van der Waals surface area contributed by atoms with E-state index in [1.54, 1.807) is 0 Å². The lowest BCUT2D eigenvalue weighted by atomic mass is 10.0. The van der Waals surface area contributed by atoms with Crippen molar-refractivity contribution in [3.8, 4) is 0 Å². The first-order valence-electron chi connectivity index (χ1n) is 5.07. The molecular formula is C11H16F2N2O. The lowest BCUT2D eigenvalue weighted by Crippen LogP contribution is -2.30. The number of aliphatic hydroxyl groups is 1. The minimum atomic E-state index is -0.753. The van der Waals surface area contributed by atoms with Gasteiger partial charge in [0.05, 0.1) is 12.6 Å². The van der Waals surface area contributed by atoms with Gasteiger partial charge in [0.15, 0.2) is 11.6 Å². The predicted octanol–water partition coefficient (Wildman–Crippen LogP) is 1.98. The van der Waals surface area contributed by atoms with Crippen molar-refractivity contribution in [2.45, 2.75) is 19.9 Å². The van der Waals surface area contributed by atoms with Crippen molar-refractivity contribution < 1.29 is 13.9 Å². The molecule has 4 N–H and O–H groups in total. The Morgan fingerprint density at radius 2 is 1.81 bits per heavy atom. The summed E-state index contributed by atoms with van der Waals surface area (Å²) >= 11 is 0. The molecule has 0 aliphatic heterocycles. The van der Waals surface area contributed by atoms with Crippen LogP contribution in [0.1, 0.15) is 13.8 Å². The van der Waals surface area contributed by atoms with Gasteiger partial charge in [-0.05, 0) is 18.1 Å². The van der Waals surface area contributed by atoms with Crippen molar-refractivity contribution in [1.29, 1.82) is 0 Å². The molecule has 1 aromatic rings. The molecule has 1 unspecified atom stereocenters. The normalized spacial score (nSPS) is 12.9. The Morgan fingerprint density at radius 3 is 2.19 bits per heavy atom. The first-order valence-corrected chi connectivity index (χ1v) is 5.07. The molecule has 0 aromatic heterocycles. The van der Waals surface area contributed by atoms with E-state index < -0.39 is 17.7 Å². The highest BCUT2D eigenvalue weighted by molar-refractivity contribution is 5.54. The average molecular weight is 230 g/mol. The zero-order chi connectivity index (χ0) is 12.3. The second kappa shape index (κ2) is 5.12. The summed E-state index contributed by atoms with van der Waals surface area (Å²) in [6.45, 7) is 3.50. The van der Waals surface area contributed by atoms with E-state index in [-0.39, 0.29) is 23.9 Å². The SMILES string of the molecule is CC(C)C(CO)Nc1c(F)cc(N)cc1F. The quantitative estimate of drug-likeness (QED) is 0.693. The number of anilines is 2. The fourth-order valence-corrected chi connectivity index (χ4v) is 1.34. The molecule has 0 bridgehead atoms. The van der Waals surface area contributed by atoms with Crippen molar-refractivity contribution in [3.63, 3.8) is 0 Å². The van der Waals surface area contributed by atoms with Crippen LogP contribution in [0, 0.1) is 17.6 Å². The molecule has 0 saturated heterocycles. The molecule has 0 spiro atoms. The molecule has 0 radical (unpaired) electrons. The minimum Gasteiger partial charge on any atom is -0.399 e. The van der Waals surface area contributed by atoms with Gasteiger partial charge in [0, 0.05) is 5.69 Å². The maximum Gasteiger partial charge on any atom is 0.151 e. The molecule has 3 nitrogen and oxygen atoms in total. The Balaban J connectivity index is 2.96. The number of nitrogens with two attached hydrogens (primary N) is 1. The van der Waals surface area contributed by atoms with Crippen LogP contribution in [0.3, 0.4) is 0 Å². The fraction of sp³-hybridized carbons (Fsp3) is 0.455. The second-order valence-electron chi connectivity index (χ2n) is 4.04. The van der Waals surface area contributed by atoms with Crippen LogP contribution >= 0.6 is 0 Å². The molecule has 1 aromatic carbocycles. The average Bonchev–Trinajstić information content (AvgIpc) is 2.15. The number of aliphatic hydroxyl groups excluding tert-OH is 1. The summed E-state index contributed by atoms with van der Waals surface area (Å²) in [6, 6.07) is 1.69. The molecule has 0 aliphatic rings. The van der Waals surface area contributed by atoms with Gasteiger partial charge in [-0.2, -0.15) is 0 Å². The molecule has 16 heavy (non-hydrogen) atoms. The molecule has 0 amide bonds. The summed E-state index contributed by atoms with van der Waals surface area (Å²) in [4.78, 5) is 0. The van der Waals surface area contributed by atoms with Crippen LogP contribution in [0.25, 0.3) is 0 Å². The molecule has 0 fully saturated rings. The maximum absolute atomic E-state index is 13.4. The fourth-order valence-electron chi connectivity index (χ4n) is 1.34. The van der Waals surface area contributed by atoms with Gasteiger partial charge in [-0.3, -0.25) is 0 Å². The van der Waals surface area contributed by atoms with Crippen LogP contribution in [0.2, 0.25) is 0 Å². The molecule has 0 aliphatic carbocycles. The Bertz CT molecular complexity index is 346. The number of hydrogen-bond acceptors (Lipinski definition) is 3. The molecule has 5 heteroatoms. The van der Waals surface area contributed by atoms with Gasteiger partial charge in [-0.1, -0.05) is 13.8 Å². The zero-order valence-electron chi connectivity index (χ0n) is 9.30. The summed E-state index contributed by atoms with van der Waals surface area (Å²) < 4.78 is 26.8. The molecule has 0 saturated carbocycles. The monoisotopic (exact) mass is 230 g/mol. The van der Waals surface area contributed by atoms with Crippen LogP contribution < -0.4 is 11.1 Å². The summed E-state index contributed by atoms with van der Waals surface area (Å²) in [5.74, 6) is -1.45. The number of nitrogen functional groups attached to an aromatic ring is 1. The maximum atomic E-state index is 13.4. The van der Waals surface area contributed by atoms with Gasteiger partial charge in [0.2, 0.25) is 0 Å². The van der Waals surface area contributed by atoms with Gasteiger partial charge in [0.25, 0.3) is 0 Å². The van der Waals surface area contributed by atoms with Crippen molar-refractivity contribution in [3.05, 3.63) is 23.8 Å². The molecule has 0 heterocycles. The van der Waals surface area contributed by atoms with E-state index in [2.05, 4.69) is 5.32 Å². The van der Waals surface area contributed by atoms with Crippen molar-refractivity contribution in [2.24, 2.45) is 5.92 Å². The number of nitrogens with one attached hydrogen (secondary N) is 1. The molecular weight excluding hydrogens is 214 g/mol. The Hall–Kier alpha value is -1.36. The van der Waals surface area contributed by atoms with Crippen LogP contribution in [-0.2, 0) is 0 Å². The number of benzene rings is 1. The summed E-state index contributed by atoms with van der Waals surface area (Å²) in [5, 5.41) is 11.7.